The number of aromatic amines is 1. The third-order valence-corrected chi connectivity index (χ3v) is 3.06. The SMILES string of the molecule is CC(C)CCC(O)COc1cccc2[nH]ccc12. The van der Waals surface area contributed by atoms with E-state index in [2.05, 4.69) is 18.8 Å². The number of ether oxygens (including phenoxy) is 1. The molecule has 2 aromatic rings. The Balaban J connectivity index is 1.91. The molecule has 0 fully saturated rings. The summed E-state index contributed by atoms with van der Waals surface area (Å²) >= 11 is 0. The van der Waals surface area contributed by atoms with Crippen LogP contribution in [0.25, 0.3) is 10.9 Å². The van der Waals surface area contributed by atoms with Crippen LogP contribution in [0.1, 0.15) is 26.7 Å². The Kier molecular flexibility index (Phi) is 4.26. The van der Waals surface area contributed by atoms with Gasteiger partial charge in [-0.1, -0.05) is 19.9 Å². The zero-order valence-electron chi connectivity index (χ0n) is 11.0. The predicted octanol–water partition coefficient (Wildman–Crippen LogP) is 3.34. The molecule has 0 saturated carbocycles. The van der Waals surface area contributed by atoms with Crippen molar-refractivity contribution in [2.75, 3.05) is 6.61 Å². The van der Waals surface area contributed by atoms with E-state index in [1.807, 2.05) is 30.5 Å². The average Bonchev–Trinajstić information content (AvgIpc) is 2.82. The molecule has 0 saturated heterocycles. The van der Waals surface area contributed by atoms with Crippen molar-refractivity contribution in [1.82, 2.24) is 4.98 Å². The minimum Gasteiger partial charge on any atom is -0.490 e. The van der Waals surface area contributed by atoms with Crippen LogP contribution in [0, 0.1) is 5.92 Å². The quantitative estimate of drug-likeness (QED) is 0.822. The first-order valence-electron chi connectivity index (χ1n) is 6.54. The Bertz CT molecular complexity index is 490. The van der Waals surface area contributed by atoms with Gasteiger partial charge >= 0.3 is 0 Å². The largest absolute Gasteiger partial charge is 0.490 e. The van der Waals surface area contributed by atoms with E-state index in [9.17, 15) is 5.11 Å². The van der Waals surface area contributed by atoms with Gasteiger partial charge in [0, 0.05) is 17.1 Å². The molecule has 1 heterocycles. The molecule has 0 aliphatic heterocycles. The molecule has 2 N–H and O–H groups in total. The van der Waals surface area contributed by atoms with Gasteiger partial charge in [0.15, 0.2) is 0 Å². The number of hydrogen-bond donors (Lipinski definition) is 2. The van der Waals surface area contributed by atoms with Gasteiger partial charge in [0.25, 0.3) is 0 Å². The summed E-state index contributed by atoms with van der Waals surface area (Å²) in [5.41, 5.74) is 1.06. The molecule has 2 rings (SSSR count). The number of H-pyrrole nitrogens is 1. The molecule has 0 amide bonds. The Morgan fingerprint density at radius 2 is 2.06 bits per heavy atom. The average molecular weight is 247 g/mol. The highest BCUT2D eigenvalue weighted by molar-refractivity contribution is 5.85. The summed E-state index contributed by atoms with van der Waals surface area (Å²) in [7, 11) is 0. The van der Waals surface area contributed by atoms with Gasteiger partial charge in [-0.15, -0.1) is 0 Å². The minimum atomic E-state index is -0.387. The number of aliphatic hydroxyl groups excluding tert-OH is 1. The fourth-order valence-electron chi connectivity index (χ4n) is 1.98. The van der Waals surface area contributed by atoms with Crippen LogP contribution in [0.15, 0.2) is 30.5 Å². The van der Waals surface area contributed by atoms with Crippen molar-refractivity contribution >= 4 is 10.9 Å². The van der Waals surface area contributed by atoms with E-state index >= 15 is 0 Å². The van der Waals surface area contributed by atoms with Crippen molar-refractivity contribution in [3.8, 4) is 5.75 Å². The summed E-state index contributed by atoms with van der Waals surface area (Å²) in [5, 5.41) is 10.9. The summed E-state index contributed by atoms with van der Waals surface area (Å²) < 4.78 is 5.70. The number of aromatic nitrogens is 1. The van der Waals surface area contributed by atoms with Crippen LogP contribution < -0.4 is 4.74 Å². The molecule has 3 heteroatoms. The number of hydrogen-bond acceptors (Lipinski definition) is 2. The van der Waals surface area contributed by atoms with Crippen molar-refractivity contribution < 1.29 is 9.84 Å². The molecule has 0 radical (unpaired) electrons. The third kappa shape index (κ3) is 3.26. The standard InChI is InChI=1S/C15H21NO2/c1-11(2)6-7-12(17)10-18-15-5-3-4-14-13(15)8-9-16-14/h3-5,8-9,11-12,16-17H,6-7,10H2,1-2H3. The number of nitrogens with one attached hydrogen (secondary N) is 1. The van der Waals surface area contributed by atoms with Gasteiger partial charge in [0.05, 0.1) is 6.10 Å². The molecule has 0 bridgehead atoms. The van der Waals surface area contributed by atoms with E-state index in [-0.39, 0.29) is 6.10 Å². The number of benzene rings is 1. The maximum Gasteiger partial charge on any atom is 0.128 e. The Labute approximate surface area is 108 Å². The zero-order valence-corrected chi connectivity index (χ0v) is 11.0. The monoisotopic (exact) mass is 247 g/mol. The lowest BCUT2D eigenvalue weighted by molar-refractivity contribution is 0.0958. The summed E-state index contributed by atoms with van der Waals surface area (Å²) in [5.74, 6) is 1.45. The maximum absolute atomic E-state index is 9.85. The van der Waals surface area contributed by atoms with Crippen LogP contribution in [0.3, 0.4) is 0 Å². The molecule has 18 heavy (non-hydrogen) atoms. The van der Waals surface area contributed by atoms with Gasteiger partial charge in [-0.3, -0.25) is 0 Å². The number of rotatable bonds is 6. The molecular formula is C15H21NO2. The van der Waals surface area contributed by atoms with Crippen molar-refractivity contribution in [2.24, 2.45) is 5.92 Å². The highest BCUT2D eigenvalue weighted by atomic mass is 16.5. The molecule has 0 aliphatic carbocycles. The molecule has 1 aromatic heterocycles. The lowest BCUT2D eigenvalue weighted by Gasteiger charge is -2.14. The topological polar surface area (TPSA) is 45.2 Å². The van der Waals surface area contributed by atoms with Crippen LogP contribution in [0.4, 0.5) is 0 Å². The Morgan fingerprint density at radius 3 is 2.83 bits per heavy atom. The molecule has 1 atom stereocenters. The second kappa shape index (κ2) is 5.91. The van der Waals surface area contributed by atoms with Gasteiger partial charge in [0.2, 0.25) is 0 Å². The van der Waals surface area contributed by atoms with Crippen LogP contribution >= 0.6 is 0 Å². The molecule has 3 nitrogen and oxygen atoms in total. The van der Waals surface area contributed by atoms with Crippen LogP contribution in [0.2, 0.25) is 0 Å². The van der Waals surface area contributed by atoms with E-state index < -0.39 is 0 Å². The third-order valence-electron chi connectivity index (χ3n) is 3.06. The smallest absolute Gasteiger partial charge is 0.128 e. The lowest BCUT2D eigenvalue weighted by atomic mass is 10.1. The van der Waals surface area contributed by atoms with Gasteiger partial charge in [0.1, 0.15) is 12.4 Å². The van der Waals surface area contributed by atoms with E-state index in [4.69, 9.17) is 4.74 Å². The van der Waals surface area contributed by atoms with Crippen LogP contribution in [0.5, 0.6) is 5.75 Å². The van der Waals surface area contributed by atoms with Crippen molar-refractivity contribution in [3.05, 3.63) is 30.5 Å². The van der Waals surface area contributed by atoms with Gasteiger partial charge < -0.3 is 14.8 Å². The highest BCUT2D eigenvalue weighted by Crippen LogP contribution is 2.24. The van der Waals surface area contributed by atoms with Crippen molar-refractivity contribution in [1.29, 1.82) is 0 Å². The first-order chi connectivity index (χ1) is 8.66. The fraction of sp³-hybridized carbons (Fsp3) is 0.467. The highest BCUT2D eigenvalue weighted by Gasteiger charge is 2.08. The summed E-state index contributed by atoms with van der Waals surface area (Å²) in [4.78, 5) is 3.15. The van der Waals surface area contributed by atoms with Gasteiger partial charge in [-0.2, -0.15) is 0 Å². The van der Waals surface area contributed by atoms with E-state index in [1.165, 1.54) is 0 Å². The van der Waals surface area contributed by atoms with Crippen molar-refractivity contribution in [3.63, 3.8) is 0 Å². The van der Waals surface area contributed by atoms with Gasteiger partial charge in [-0.05, 0) is 37.0 Å². The molecule has 1 aromatic carbocycles. The molecule has 98 valence electrons. The fourth-order valence-corrected chi connectivity index (χ4v) is 1.98. The van der Waals surface area contributed by atoms with Gasteiger partial charge in [-0.25, -0.2) is 0 Å². The van der Waals surface area contributed by atoms with Crippen LogP contribution in [-0.4, -0.2) is 22.8 Å². The molecule has 0 spiro atoms. The lowest BCUT2D eigenvalue weighted by Crippen LogP contribution is -2.18. The predicted molar refractivity (Wildman–Crippen MR) is 73.9 cm³/mol. The maximum atomic E-state index is 9.85. The molecular weight excluding hydrogens is 226 g/mol. The van der Waals surface area contributed by atoms with E-state index in [0.29, 0.717) is 12.5 Å². The Hall–Kier alpha value is -1.48. The molecule has 1 unspecified atom stereocenters. The second-order valence-electron chi connectivity index (χ2n) is 5.13. The van der Waals surface area contributed by atoms with Crippen molar-refractivity contribution in [2.45, 2.75) is 32.8 Å². The number of fused-ring (bicyclic) bond motifs is 1. The van der Waals surface area contributed by atoms with Crippen LogP contribution in [-0.2, 0) is 0 Å². The van der Waals surface area contributed by atoms with E-state index in [0.717, 1.165) is 29.5 Å². The second-order valence-corrected chi connectivity index (χ2v) is 5.13. The summed E-state index contributed by atoms with van der Waals surface area (Å²) in [6.07, 6.45) is 3.33. The summed E-state index contributed by atoms with van der Waals surface area (Å²) in [6.45, 7) is 4.68. The first kappa shape index (κ1) is 13.0. The van der Waals surface area contributed by atoms with E-state index in [1.54, 1.807) is 0 Å². The summed E-state index contributed by atoms with van der Waals surface area (Å²) in [6, 6.07) is 7.89. The Morgan fingerprint density at radius 1 is 1.22 bits per heavy atom. The normalized spacial score (nSPS) is 13.1. The first-order valence-corrected chi connectivity index (χ1v) is 6.54. The minimum absolute atomic E-state index is 0.358. The zero-order chi connectivity index (χ0) is 13.0. The number of aliphatic hydroxyl groups is 1. The molecule has 0 aliphatic rings.